The second-order valence-corrected chi connectivity index (χ2v) is 6.54. The highest BCUT2D eigenvalue weighted by atomic mass is 19.3. The molecule has 2 saturated heterocycles. The number of benzene rings is 1. The van der Waals surface area contributed by atoms with Gasteiger partial charge in [-0.25, -0.2) is 13.2 Å². The van der Waals surface area contributed by atoms with Crippen LogP contribution in [-0.4, -0.2) is 23.3 Å². The van der Waals surface area contributed by atoms with Crippen molar-refractivity contribution in [3.05, 3.63) is 35.1 Å². The molecule has 2 aliphatic heterocycles. The number of carbonyl (C=O) groups is 1. The van der Waals surface area contributed by atoms with E-state index in [4.69, 9.17) is 0 Å². The summed E-state index contributed by atoms with van der Waals surface area (Å²) in [6.45, 7) is 3.44. The molecule has 3 atom stereocenters. The van der Waals surface area contributed by atoms with E-state index >= 15 is 0 Å². The normalized spacial score (nSPS) is 31.2. The molecule has 0 saturated carbocycles. The molecule has 5 heteroatoms. The predicted molar refractivity (Wildman–Crippen MR) is 77.1 cm³/mol. The first-order valence-electron chi connectivity index (χ1n) is 7.77. The van der Waals surface area contributed by atoms with Crippen molar-refractivity contribution in [2.45, 2.75) is 58.0 Å². The van der Waals surface area contributed by atoms with Gasteiger partial charge in [-0.15, -0.1) is 0 Å². The number of fused-ring (bicyclic) bond motifs is 1. The highest BCUT2D eigenvalue weighted by Gasteiger charge is 2.59. The summed E-state index contributed by atoms with van der Waals surface area (Å²) in [5.74, 6) is -0.805. The summed E-state index contributed by atoms with van der Waals surface area (Å²) in [7, 11) is 0. The average molecular weight is 311 g/mol. The smallest absolute Gasteiger partial charge is 0.252 e. The van der Waals surface area contributed by atoms with Gasteiger partial charge >= 0.3 is 0 Å². The summed E-state index contributed by atoms with van der Waals surface area (Å²) in [4.78, 5) is 14.3. The summed E-state index contributed by atoms with van der Waals surface area (Å²) >= 11 is 0. The van der Waals surface area contributed by atoms with Gasteiger partial charge in [0.15, 0.2) is 0 Å². The van der Waals surface area contributed by atoms with Crippen LogP contribution in [0.5, 0.6) is 0 Å². The number of alkyl halides is 2. The molecular weight excluding hydrogens is 291 g/mol. The van der Waals surface area contributed by atoms with Gasteiger partial charge in [-0.3, -0.25) is 4.79 Å². The minimum absolute atomic E-state index is 0.143. The van der Waals surface area contributed by atoms with Crippen molar-refractivity contribution in [2.24, 2.45) is 5.41 Å². The fourth-order valence-corrected chi connectivity index (χ4v) is 4.07. The summed E-state index contributed by atoms with van der Waals surface area (Å²) in [6.07, 6.45) is -0.871. The molecular formula is C17H20F3NO. The first-order chi connectivity index (χ1) is 10.4. The lowest BCUT2D eigenvalue weighted by molar-refractivity contribution is -0.146. The molecule has 0 aliphatic carbocycles. The fraction of sp³-hybridized carbons (Fsp3) is 0.588. The van der Waals surface area contributed by atoms with Gasteiger partial charge in [-0.1, -0.05) is 13.0 Å². The van der Waals surface area contributed by atoms with Gasteiger partial charge in [0.2, 0.25) is 5.91 Å². The molecule has 1 aromatic rings. The van der Waals surface area contributed by atoms with Gasteiger partial charge in [0.1, 0.15) is 11.2 Å². The summed E-state index contributed by atoms with van der Waals surface area (Å²) in [6, 6.07) is 4.27. The quantitative estimate of drug-likeness (QED) is 0.818. The maximum absolute atomic E-state index is 13.6. The zero-order valence-electron chi connectivity index (χ0n) is 12.8. The summed E-state index contributed by atoms with van der Waals surface area (Å²) in [5, 5.41) is 0. The zero-order valence-corrected chi connectivity index (χ0v) is 12.8. The standard InChI is InChI=1S/C17H20F3NO/c1-3-17(15(19)20)9-13-4-5-14(21(13)16(17)22)11-6-10(2)7-12(18)8-11/h6-8,13-15H,3-5,9H2,1-2H3/t13-,14-,17-/m1/s1. The number of rotatable bonds is 3. The molecule has 2 nitrogen and oxygen atoms in total. The zero-order chi connectivity index (χ0) is 16.1. The summed E-state index contributed by atoms with van der Waals surface area (Å²) < 4.78 is 40.7. The number of carbonyl (C=O) groups excluding carboxylic acids is 1. The largest absolute Gasteiger partial charge is 0.332 e. The van der Waals surface area contributed by atoms with Crippen LogP contribution < -0.4 is 0 Å². The molecule has 1 amide bonds. The van der Waals surface area contributed by atoms with Crippen molar-refractivity contribution in [1.29, 1.82) is 0 Å². The Morgan fingerprint density at radius 3 is 2.64 bits per heavy atom. The molecule has 22 heavy (non-hydrogen) atoms. The highest BCUT2D eigenvalue weighted by Crippen LogP contribution is 2.52. The van der Waals surface area contributed by atoms with Crippen molar-refractivity contribution in [3.63, 3.8) is 0 Å². The minimum atomic E-state index is -2.65. The number of amides is 1. The van der Waals surface area contributed by atoms with Crippen LogP contribution >= 0.6 is 0 Å². The monoisotopic (exact) mass is 311 g/mol. The summed E-state index contributed by atoms with van der Waals surface area (Å²) in [5.41, 5.74) is -0.0543. The van der Waals surface area contributed by atoms with Gasteiger partial charge in [0.25, 0.3) is 6.43 Å². The van der Waals surface area contributed by atoms with E-state index in [1.807, 2.05) is 6.07 Å². The number of hydrogen-bond acceptors (Lipinski definition) is 1. The second kappa shape index (κ2) is 5.28. The van der Waals surface area contributed by atoms with E-state index in [1.165, 1.54) is 12.1 Å². The van der Waals surface area contributed by atoms with Gasteiger partial charge in [-0.05, 0) is 55.9 Å². The van der Waals surface area contributed by atoms with E-state index in [0.717, 1.165) is 11.1 Å². The maximum atomic E-state index is 13.6. The van der Waals surface area contributed by atoms with Crippen molar-refractivity contribution >= 4 is 5.91 Å². The molecule has 0 N–H and O–H groups in total. The lowest BCUT2D eigenvalue weighted by atomic mass is 9.81. The molecule has 2 aliphatic rings. The molecule has 0 unspecified atom stereocenters. The Morgan fingerprint density at radius 1 is 1.32 bits per heavy atom. The molecule has 120 valence electrons. The molecule has 2 heterocycles. The third-order valence-corrected chi connectivity index (χ3v) is 5.26. The molecule has 0 spiro atoms. The van der Waals surface area contributed by atoms with Crippen molar-refractivity contribution in [3.8, 4) is 0 Å². The number of hydrogen-bond donors (Lipinski definition) is 0. The molecule has 0 bridgehead atoms. The Bertz CT molecular complexity index is 583. The Balaban J connectivity index is 1.96. The van der Waals surface area contributed by atoms with Gasteiger partial charge in [0, 0.05) is 6.04 Å². The van der Waals surface area contributed by atoms with E-state index in [1.54, 1.807) is 18.7 Å². The van der Waals surface area contributed by atoms with Crippen molar-refractivity contribution < 1.29 is 18.0 Å². The first kappa shape index (κ1) is 15.4. The Morgan fingerprint density at radius 2 is 2.05 bits per heavy atom. The SMILES string of the molecule is CC[C@]1(C(F)F)C[C@H]2CC[C@H](c3cc(C)cc(F)c3)N2C1=O. The fourth-order valence-electron chi connectivity index (χ4n) is 4.07. The lowest BCUT2D eigenvalue weighted by Gasteiger charge is -2.29. The third-order valence-electron chi connectivity index (χ3n) is 5.26. The number of halogens is 3. The van der Waals surface area contributed by atoms with Crippen molar-refractivity contribution in [2.75, 3.05) is 0 Å². The van der Waals surface area contributed by atoms with Crippen LogP contribution in [0.4, 0.5) is 13.2 Å². The first-order valence-corrected chi connectivity index (χ1v) is 7.77. The van der Waals surface area contributed by atoms with Crippen LogP contribution in [-0.2, 0) is 4.79 Å². The Labute approximate surface area is 128 Å². The number of nitrogens with zero attached hydrogens (tertiary/aromatic N) is 1. The predicted octanol–water partition coefficient (Wildman–Crippen LogP) is 4.23. The molecule has 0 radical (unpaired) electrons. The van der Waals surface area contributed by atoms with Crippen LogP contribution in [0.3, 0.4) is 0 Å². The molecule has 2 fully saturated rings. The number of aryl methyl sites for hydroxylation is 1. The van der Waals surface area contributed by atoms with Crippen LogP contribution in [0.2, 0.25) is 0 Å². The Hall–Kier alpha value is -1.52. The van der Waals surface area contributed by atoms with E-state index < -0.39 is 17.7 Å². The minimum Gasteiger partial charge on any atom is -0.332 e. The van der Waals surface area contributed by atoms with E-state index in [2.05, 4.69) is 0 Å². The van der Waals surface area contributed by atoms with Gasteiger partial charge < -0.3 is 4.90 Å². The van der Waals surface area contributed by atoms with E-state index in [9.17, 15) is 18.0 Å². The lowest BCUT2D eigenvalue weighted by Crippen LogP contribution is -2.40. The molecule has 3 rings (SSSR count). The van der Waals surface area contributed by atoms with Crippen molar-refractivity contribution in [1.82, 2.24) is 4.90 Å². The van der Waals surface area contributed by atoms with Crippen LogP contribution in [0.1, 0.15) is 49.8 Å². The van der Waals surface area contributed by atoms with Crippen LogP contribution in [0, 0.1) is 18.2 Å². The maximum Gasteiger partial charge on any atom is 0.252 e. The third kappa shape index (κ3) is 2.13. The highest BCUT2D eigenvalue weighted by molar-refractivity contribution is 5.86. The molecule has 1 aromatic carbocycles. The Kier molecular flexibility index (Phi) is 3.69. The van der Waals surface area contributed by atoms with E-state index in [-0.39, 0.29) is 30.7 Å². The van der Waals surface area contributed by atoms with Crippen LogP contribution in [0.15, 0.2) is 18.2 Å². The topological polar surface area (TPSA) is 20.3 Å². The van der Waals surface area contributed by atoms with Gasteiger partial charge in [0.05, 0.1) is 6.04 Å². The molecule has 0 aromatic heterocycles. The van der Waals surface area contributed by atoms with Crippen LogP contribution in [0.25, 0.3) is 0 Å². The average Bonchev–Trinajstić information content (AvgIpc) is 2.96. The van der Waals surface area contributed by atoms with Gasteiger partial charge in [-0.2, -0.15) is 0 Å². The van der Waals surface area contributed by atoms with E-state index in [0.29, 0.717) is 12.8 Å². The second-order valence-electron chi connectivity index (χ2n) is 6.54.